The van der Waals surface area contributed by atoms with Crippen LogP contribution in [0.3, 0.4) is 0 Å². The van der Waals surface area contributed by atoms with E-state index in [0.717, 1.165) is 5.56 Å². The number of carbonyl (C=O) groups is 2. The van der Waals surface area contributed by atoms with Gasteiger partial charge in [0.15, 0.2) is 0 Å². The van der Waals surface area contributed by atoms with Gasteiger partial charge in [-0.05, 0) is 42.0 Å². The first kappa shape index (κ1) is 16.0. The maximum atomic E-state index is 13.3. The van der Waals surface area contributed by atoms with Gasteiger partial charge in [0.25, 0.3) is 0 Å². The average Bonchev–Trinajstić information content (AvgIpc) is 3.02. The molecule has 2 aromatic heterocycles. The fourth-order valence-electron chi connectivity index (χ4n) is 3.32. The number of halogens is 1. The third-order valence-electron chi connectivity index (χ3n) is 4.47. The molecule has 1 aliphatic rings. The zero-order valence-electron chi connectivity index (χ0n) is 13.5. The van der Waals surface area contributed by atoms with Crippen LogP contribution in [-0.4, -0.2) is 26.5 Å². The summed E-state index contributed by atoms with van der Waals surface area (Å²) in [5.74, 6) is -2.11. The van der Waals surface area contributed by atoms with E-state index in [1.165, 1.54) is 18.3 Å². The molecular formula is C19H14FN3O3. The molecule has 2 N–H and O–H groups in total. The molecule has 1 amide bonds. The van der Waals surface area contributed by atoms with Crippen LogP contribution in [-0.2, 0) is 4.79 Å². The van der Waals surface area contributed by atoms with Gasteiger partial charge in [0.2, 0.25) is 5.91 Å². The first-order chi connectivity index (χ1) is 12.5. The molecule has 0 bridgehead atoms. The highest BCUT2D eigenvalue weighted by Crippen LogP contribution is 2.41. The molecule has 7 heteroatoms. The van der Waals surface area contributed by atoms with Gasteiger partial charge in [0, 0.05) is 36.6 Å². The summed E-state index contributed by atoms with van der Waals surface area (Å²) >= 11 is 0. The second-order valence-electron chi connectivity index (χ2n) is 6.04. The van der Waals surface area contributed by atoms with Gasteiger partial charge in [-0.2, -0.15) is 0 Å². The summed E-state index contributed by atoms with van der Waals surface area (Å²) in [5.41, 5.74) is 2.40. The van der Waals surface area contributed by atoms with Crippen molar-refractivity contribution in [3.05, 3.63) is 77.6 Å². The summed E-state index contributed by atoms with van der Waals surface area (Å²) < 4.78 is 15.0. The third kappa shape index (κ3) is 2.63. The quantitative estimate of drug-likeness (QED) is 0.759. The number of amides is 1. The highest BCUT2D eigenvalue weighted by atomic mass is 19.1. The number of carbonyl (C=O) groups excluding carboxylic acids is 1. The number of hydrogen-bond acceptors (Lipinski definition) is 3. The molecule has 0 radical (unpaired) electrons. The van der Waals surface area contributed by atoms with E-state index in [9.17, 15) is 19.1 Å². The minimum atomic E-state index is -1.14. The number of nitrogens with one attached hydrogen (secondary N) is 1. The van der Waals surface area contributed by atoms with E-state index in [2.05, 4.69) is 10.3 Å². The SMILES string of the molecule is O=C1CC(c2ccncc2)c2c(c(C(=O)O)cn2-c2ccc(F)cc2)N1. The Morgan fingerprint density at radius 2 is 1.88 bits per heavy atom. The minimum absolute atomic E-state index is 0.00330. The fourth-order valence-corrected chi connectivity index (χ4v) is 3.32. The lowest BCUT2D eigenvalue weighted by molar-refractivity contribution is -0.116. The van der Waals surface area contributed by atoms with Crippen molar-refractivity contribution < 1.29 is 19.1 Å². The molecular weight excluding hydrogens is 337 g/mol. The minimum Gasteiger partial charge on any atom is -0.478 e. The molecule has 4 rings (SSSR count). The van der Waals surface area contributed by atoms with Gasteiger partial charge in [-0.1, -0.05) is 0 Å². The third-order valence-corrected chi connectivity index (χ3v) is 4.47. The predicted molar refractivity (Wildman–Crippen MR) is 92.0 cm³/mol. The van der Waals surface area contributed by atoms with Crippen molar-refractivity contribution in [1.82, 2.24) is 9.55 Å². The summed E-state index contributed by atoms with van der Waals surface area (Å²) in [6, 6.07) is 9.36. The lowest BCUT2D eigenvalue weighted by Gasteiger charge is -2.26. The fraction of sp³-hybridized carbons (Fsp3) is 0.105. The van der Waals surface area contributed by atoms with Crippen molar-refractivity contribution in [3.8, 4) is 5.69 Å². The number of pyridine rings is 1. The summed E-state index contributed by atoms with van der Waals surface area (Å²) in [4.78, 5) is 27.9. The molecule has 1 aliphatic heterocycles. The molecule has 6 nitrogen and oxygen atoms in total. The van der Waals surface area contributed by atoms with Crippen LogP contribution in [0.1, 0.15) is 34.0 Å². The number of carboxylic acids is 1. The highest BCUT2D eigenvalue weighted by Gasteiger charge is 2.34. The van der Waals surface area contributed by atoms with E-state index < -0.39 is 5.97 Å². The number of aromatic carboxylic acids is 1. The largest absolute Gasteiger partial charge is 0.478 e. The molecule has 1 unspecified atom stereocenters. The van der Waals surface area contributed by atoms with Crippen molar-refractivity contribution >= 4 is 17.6 Å². The molecule has 0 aliphatic carbocycles. The molecule has 1 aromatic carbocycles. The van der Waals surface area contributed by atoms with Gasteiger partial charge in [0.1, 0.15) is 11.4 Å². The second-order valence-corrected chi connectivity index (χ2v) is 6.04. The van der Waals surface area contributed by atoms with Gasteiger partial charge >= 0.3 is 5.97 Å². The molecule has 130 valence electrons. The molecule has 0 saturated carbocycles. The van der Waals surface area contributed by atoms with Crippen LogP contribution >= 0.6 is 0 Å². The van der Waals surface area contributed by atoms with Crippen molar-refractivity contribution in [2.45, 2.75) is 12.3 Å². The van der Waals surface area contributed by atoms with E-state index in [0.29, 0.717) is 11.4 Å². The van der Waals surface area contributed by atoms with Gasteiger partial charge in [0.05, 0.1) is 11.4 Å². The van der Waals surface area contributed by atoms with Gasteiger partial charge in [-0.15, -0.1) is 0 Å². The molecule has 0 saturated heterocycles. The van der Waals surface area contributed by atoms with E-state index in [4.69, 9.17) is 0 Å². The van der Waals surface area contributed by atoms with Crippen LogP contribution in [0, 0.1) is 5.82 Å². The first-order valence-electron chi connectivity index (χ1n) is 7.99. The molecule has 1 atom stereocenters. The number of hydrogen-bond donors (Lipinski definition) is 2. The number of benzene rings is 1. The van der Waals surface area contributed by atoms with Crippen molar-refractivity contribution in [2.24, 2.45) is 0 Å². The number of nitrogens with zero attached hydrogens (tertiary/aromatic N) is 2. The Kier molecular flexibility index (Phi) is 3.76. The number of fused-ring (bicyclic) bond motifs is 1. The Bertz CT molecular complexity index is 997. The topological polar surface area (TPSA) is 84.2 Å². The summed E-state index contributed by atoms with van der Waals surface area (Å²) in [6.07, 6.45) is 4.90. The van der Waals surface area contributed by atoms with E-state index >= 15 is 0 Å². The molecule has 3 aromatic rings. The lowest BCUT2D eigenvalue weighted by Crippen LogP contribution is -2.25. The van der Waals surface area contributed by atoms with Gasteiger partial charge in [-0.3, -0.25) is 9.78 Å². The maximum absolute atomic E-state index is 13.3. The Hall–Kier alpha value is -3.48. The zero-order valence-corrected chi connectivity index (χ0v) is 13.5. The predicted octanol–water partition coefficient (Wildman–Crippen LogP) is 3.18. The number of rotatable bonds is 3. The van der Waals surface area contributed by atoms with Gasteiger partial charge < -0.3 is 15.0 Å². The van der Waals surface area contributed by atoms with Crippen LogP contribution in [0.25, 0.3) is 5.69 Å². The zero-order chi connectivity index (χ0) is 18.3. The van der Waals surface area contributed by atoms with Crippen LogP contribution in [0.15, 0.2) is 55.0 Å². The number of aromatic nitrogens is 2. The Morgan fingerprint density at radius 3 is 2.54 bits per heavy atom. The Balaban J connectivity index is 1.97. The highest BCUT2D eigenvalue weighted by molar-refractivity contribution is 6.04. The molecule has 0 spiro atoms. The standard InChI is InChI=1S/C19H14FN3O3/c20-12-1-3-13(4-2-12)23-10-15(19(25)26)17-18(23)14(9-16(24)22-17)11-5-7-21-8-6-11/h1-8,10,14H,9H2,(H,22,24)(H,25,26). The van der Waals surface area contributed by atoms with Crippen LogP contribution in [0.4, 0.5) is 10.1 Å². The van der Waals surface area contributed by atoms with Crippen LogP contribution in [0.2, 0.25) is 0 Å². The number of anilines is 1. The number of carboxylic acid groups (broad SMARTS) is 1. The van der Waals surface area contributed by atoms with Crippen molar-refractivity contribution in [3.63, 3.8) is 0 Å². The summed E-state index contributed by atoms with van der Waals surface area (Å²) in [5, 5.41) is 12.2. The summed E-state index contributed by atoms with van der Waals surface area (Å²) in [7, 11) is 0. The monoisotopic (exact) mass is 351 g/mol. The summed E-state index contributed by atoms with van der Waals surface area (Å²) in [6.45, 7) is 0. The van der Waals surface area contributed by atoms with Crippen LogP contribution < -0.4 is 5.32 Å². The molecule has 0 fully saturated rings. The first-order valence-corrected chi connectivity index (χ1v) is 7.99. The smallest absolute Gasteiger partial charge is 0.339 e. The maximum Gasteiger partial charge on any atom is 0.339 e. The van der Waals surface area contributed by atoms with E-state index in [1.54, 1.807) is 41.2 Å². The second kappa shape index (κ2) is 6.11. The molecule has 3 heterocycles. The Morgan fingerprint density at radius 1 is 1.19 bits per heavy atom. The van der Waals surface area contributed by atoms with E-state index in [1.807, 2.05) is 0 Å². The normalized spacial score (nSPS) is 16.0. The van der Waals surface area contributed by atoms with Crippen molar-refractivity contribution in [2.75, 3.05) is 5.32 Å². The van der Waals surface area contributed by atoms with Crippen molar-refractivity contribution in [1.29, 1.82) is 0 Å². The average molecular weight is 351 g/mol. The van der Waals surface area contributed by atoms with E-state index in [-0.39, 0.29) is 35.3 Å². The molecule has 26 heavy (non-hydrogen) atoms. The van der Waals surface area contributed by atoms with Crippen LogP contribution in [0.5, 0.6) is 0 Å². The Labute approximate surface area is 147 Å². The van der Waals surface area contributed by atoms with Gasteiger partial charge in [-0.25, -0.2) is 9.18 Å². The lowest BCUT2D eigenvalue weighted by atomic mass is 9.89.